The third-order valence-corrected chi connectivity index (χ3v) is 5.33. The SMILES string of the molecule is CN=C(NCCc1c[nH]c2cc(F)ccc12)NCc1cc(N(C)C)nc2ccccc12.I. The standard InChI is InChI=1S/C24H27FN6.HI/c1-26-24(27-11-10-16-14-28-22-13-18(25)8-9-20(16)22)29-15-17-12-23(31(2)3)30-21-7-5-4-6-19(17)21;/h4-9,12-14,28H,10-11,15H2,1-3H3,(H2,26,27,29);1H. The van der Waals surface area contributed by atoms with Gasteiger partial charge in [0.15, 0.2) is 5.96 Å². The van der Waals surface area contributed by atoms with Crippen LogP contribution in [0.25, 0.3) is 21.8 Å². The number of H-pyrrole nitrogens is 1. The predicted molar refractivity (Wildman–Crippen MR) is 142 cm³/mol. The van der Waals surface area contributed by atoms with Crippen LogP contribution in [-0.2, 0) is 13.0 Å². The summed E-state index contributed by atoms with van der Waals surface area (Å²) in [6.07, 6.45) is 2.74. The van der Waals surface area contributed by atoms with Crippen molar-refractivity contribution in [1.82, 2.24) is 20.6 Å². The van der Waals surface area contributed by atoms with Gasteiger partial charge in [0.1, 0.15) is 11.6 Å². The van der Waals surface area contributed by atoms with Gasteiger partial charge in [-0.2, -0.15) is 0 Å². The van der Waals surface area contributed by atoms with Crippen LogP contribution in [0.4, 0.5) is 10.2 Å². The number of anilines is 1. The van der Waals surface area contributed by atoms with Crippen molar-refractivity contribution in [3.63, 3.8) is 0 Å². The van der Waals surface area contributed by atoms with E-state index < -0.39 is 0 Å². The van der Waals surface area contributed by atoms with Crippen LogP contribution in [0.5, 0.6) is 0 Å². The summed E-state index contributed by atoms with van der Waals surface area (Å²) in [5.41, 5.74) is 4.10. The van der Waals surface area contributed by atoms with Crippen LogP contribution in [0.1, 0.15) is 11.1 Å². The molecule has 3 N–H and O–H groups in total. The molecule has 6 nitrogen and oxygen atoms in total. The molecule has 0 aliphatic rings. The van der Waals surface area contributed by atoms with E-state index in [-0.39, 0.29) is 29.8 Å². The molecule has 168 valence electrons. The molecule has 8 heteroatoms. The summed E-state index contributed by atoms with van der Waals surface area (Å²) >= 11 is 0. The molecule has 0 aliphatic heterocycles. The second-order valence-electron chi connectivity index (χ2n) is 7.66. The molecule has 0 saturated heterocycles. The van der Waals surface area contributed by atoms with E-state index in [1.54, 1.807) is 7.05 Å². The smallest absolute Gasteiger partial charge is 0.191 e. The van der Waals surface area contributed by atoms with Crippen molar-refractivity contribution in [2.45, 2.75) is 13.0 Å². The maximum atomic E-state index is 13.4. The van der Waals surface area contributed by atoms with Crippen molar-refractivity contribution >= 4 is 57.6 Å². The number of pyridine rings is 1. The number of aromatic nitrogens is 2. The molecular weight excluding hydrogens is 518 g/mol. The third-order valence-electron chi connectivity index (χ3n) is 5.33. The molecule has 0 atom stereocenters. The number of nitrogens with one attached hydrogen (secondary N) is 3. The van der Waals surface area contributed by atoms with Crippen LogP contribution >= 0.6 is 24.0 Å². The topological polar surface area (TPSA) is 68.3 Å². The minimum absolute atomic E-state index is 0. The Hall–Kier alpha value is -2.88. The van der Waals surface area contributed by atoms with Crippen molar-refractivity contribution in [1.29, 1.82) is 0 Å². The molecule has 0 amide bonds. The van der Waals surface area contributed by atoms with Gasteiger partial charge in [0.2, 0.25) is 0 Å². The fourth-order valence-corrected chi connectivity index (χ4v) is 3.69. The number of benzene rings is 2. The Bertz CT molecular complexity index is 1230. The van der Waals surface area contributed by atoms with Gasteiger partial charge >= 0.3 is 0 Å². The molecule has 2 aromatic heterocycles. The van der Waals surface area contributed by atoms with Crippen molar-refractivity contribution in [2.75, 3.05) is 32.6 Å². The van der Waals surface area contributed by atoms with Gasteiger partial charge in [-0.05, 0) is 47.9 Å². The Morgan fingerprint density at radius 2 is 1.88 bits per heavy atom. The van der Waals surface area contributed by atoms with Gasteiger partial charge in [0, 0.05) is 56.7 Å². The van der Waals surface area contributed by atoms with Gasteiger partial charge < -0.3 is 20.5 Å². The number of hydrogen-bond donors (Lipinski definition) is 3. The number of aliphatic imine (C=N–C) groups is 1. The maximum absolute atomic E-state index is 13.4. The minimum atomic E-state index is -0.232. The van der Waals surface area contributed by atoms with E-state index in [0.29, 0.717) is 13.1 Å². The lowest BCUT2D eigenvalue weighted by Gasteiger charge is -2.17. The van der Waals surface area contributed by atoms with Gasteiger partial charge in [0.05, 0.1) is 5.52 Å². The Kier molecular flexibility index (Phi) is 7.89. The Morgan fingerprint density at radius 1 is 1.06 bits per heavy atom. The van der Waals surface area contributed by atoms with E-state index in [2.05, 4.69) is 32.7 Å². The highest BCUT2D eigenvalue weighted by molar-refractivity contribution is 14.0. The van der Waals surface area contributed by atoms with Gasteiger partial charge in [0.25, 0.3) is 0 Å². The lowest BCUT2D eigenvalue weighted by molar-refractivity contribution is 0.629. The number of aromatic amines is 1. The average molecular weight is 546 g/mol. The molecule has 0 saturated carbocycles. The zero-order valence-electron chi connectivity index (χ0n) is 18.4. The molecule has 0 bridgehead atoms. The molecule has 4 rings (SSSR count). The summed E-state index contributed by atoms with van der Waals surface area (Å²) < 4.78 is 13.4. The van der Waals surface area contributed by atoms with Crippen molar-refractivity contribution < 1.29 is 4.39 Å². The Labute approximate surface area is 204 Å². The highest BCUT2D eigenvalue weighted by Gasteiger charge is 2.09. The molecule has 2 heterocycles. The van der Waals surface area contributed by atoms with E-state index in [1.165, 1.54) is 12.1 Å². The van der Waals surface area contributed by atoms with E-state index in [4.69, 9.17) is 4.98 Å². The quantitative estimate of drug-likeness (QED) is 0.190. The molecule has 0 fully saturated rings. The molecule has 4 aromatic rings. The van der Waals surface area contributed by atoms with Crippen LogP contribution < -0.4 is 15.5 Å². The average Bonchev–Trinajstić information content (AvgIpc) is 3.17. The van der Waals surface area contributed by atoms with E-state index in [0.717, 1.165) is 51.1 Å². The summed E-state index contributed by atoms with van der Waals surface area (Å²) in [4.78, 5) is 14.2. The van der Waals surface area contributed by atoms with E-state index in [1.807, 2.05) is 49.5 Å². The van der Waals surface area contributed by atoms with E-state index >= 15 is 0 Å². The van der Waals surface area contributed by atoms with Crippen molar-refractivity contribution in [3.05, 3.63) is 71.7 Å². The van der Waals surface area contributed by atoms with Crippen LogP contribution in [-0.4, -0.2) is 43.6 Å². The molecule has 32 heavy (non-hydrogen) atoms. The monoisotopic (exact) mass is 546 g/mol. The fourth-order valence-electron chi connectivity index (χ4n) is 3.69. The Morgan fingerprint density at radius 3 is 2.66 bits per heavy atom. The first-order valence-electron chi connectivity index (χ1n) is 10.3. The summed E-state index contributed by atoms with van der Waals surface area (Å²) in [6.45, 7) is 1.35. The predicted octanol–water partition coefficient (Wildman–Crippen LogP) is 4.45. The number of nitrogens with zero attached hydrogens (tertiary/aromatic N) is 3. The van der Waals surface area contributed by atoms with Crippen LogP contribution in [0.15, 0.2) is 59.7 Å². The van der Waals surface area contributed by atoms with Gasteiger partial charge in [-0.3, -0.25) is 4.99 Å². The number of hydrogen-bond acceptors (Lipinski definition) is 3. The fraction of sp³-hybridized carbons (Fsp3) is 0.250. The number of guanidine groups is 1. The summed E-state index contributed by atoms with van der Waals surface area (Å²) in [7, 11) is 5.75. The first-order valence-corrected chi connectivity index (χ1v) is 10.3. The van der Waals surface area contributed by atoms with Crippen molar-refractivity contribution in [2.24, 2.45) is 4.99 Å². The van der Waals surface area contributed by atoms with Crippen LogP contribution in [0, 0.1) is 5.82 Å². The number of para-hydroxylation sites is 1. The molecule has 0 radical (unpaired) electrons. The second kappa shape index (κ2) is 10.6. The largest absolute Gasteiger partial charge is 0.363 e. The number of fused-ring (bicyclic) bond motifs is 2. The molecule has 0 aliphatic carbocycles. The highest BCUT2D eigenvalue weighted by Crippen LogP contribution is 2.22. The normalized spacial score (nSPS) is 11.4. The van der Waals surface area contributed by atoms with Gasteiger partial charge in [-0.1, -0.05) is 18.2 Å². The Balaban J connectivity index is 0.00000289. The first-order chi connectivity index (χ1) is 15.0. The number of rotatable bonds is 6. The number of halogens is 2. The lowest BCUT2D eigenvalue weighted by Crippen LogP contribution is -2.37. The molecule has 0 unspecified atom stereocenters. The van der Waals surface area contributed by atoms with Gasteiger partial charge in [-0.15, -0.1) is 24.0 Å². The third kappa shape index (κ3) is 5.29. The molecule has 0 spiro atoms. The summed E-state index contributed by atoms with van der Waals surface area (Å²) in [5, 5.41) is 8.94. The van der Waals surface area contributed by atoms with Gasteiger partial charge in [-0.25, -0.2) is 9.37 Å². The minimum Gasteiger partial charge on any atom is -0.363 e. The highest BCUT2D eigenvalue weighted by atomic mass is 127. The second-order valence-corrected chi connectivity index (χ2v) is 7.66. The van der Waals surface area contributed by atoms with Crippen LogP contribution in [0.3, 0.4) is 0 Å². The zero-order chi connectivity index (χ0) is 21.8. The maximum Gasteiger partial charge on any atom is 0.191 e. The van der Waals surface area contributed by atoms with Crippen molar-refractivity contribution in [3.8, 4) is 0 Å². The first kappa shape index (κ1) is 23.8. The zero-order valence-corrected chi connectivity index (χ0v) is 20.8. The van der Waals surface area contributed by atoms with Crippen LogP contribution in [0.2, 0.25) is 0 Å². The summed E-state index contributed by atoms with van der Waals surface area (Å²) in [6, 6.07) is 15.1. The summed E-state index contributed by atoms with van der Waals surface area (Å²) in [5.74, 6) is 1.43. The van der Waals surface area contributed by atoms with E-state index in [9.17, 15) is 4.39 Å². The molecular formula is C24H28FIN6. The molecule has 2 aromatic carbocycles. The lowest BCUT2D eigenvalue weighted by atomic mass is 10.1.